The van der Waals surface area contributed by atoms with Crippen LogP contribution in [0, 0.1) is 13.8 Å². The minimum absolute atomic E-state index is 0.0867. The smallest absolute Gasteiger partial charge is 0.258 e. The molecular weight excluding hydrogens is 274 g/mol. The first-order chi connectivity index (χ1) is 10.6. The molecule has 0 atom stereocenters. The monoisotopic (exact) mass is 295 g/mol. The topological polar surface area (TPSA) is 29.5 Å². The number of ether oxygens (including phenoxy) is 1. The van der Waals surface area contributed by atoms with Crippen LogP contribution in [0.3, 0.4) is 0 Å². The maximum atomic E-state index is 12.9. The van der Waals surface area contributed by atoms with Gasteiger partial charge >= 0.3 is 0 Å². The Balaban J connectivity index is 1.98. The van der Waals surface area contributed by atoms with Crippen molar-refractivity contribution >= 4 is 11.6 Å². The zero-order valence-corrected chi connectivity index (χ0v) is 13.3. The average Bonchev–Trinajstić information content (AvgIpc) is 2.53. The van der Waals surface area contributed by atoms with Crippen LogP contribution in [-0.4, -0.2) is 19.6 Å². The third kappa shape index (κ3) is 2.59. The van der Waals surface area contributed by atoms with Crippen LogP contribution in [0.25, 0.3) is 0 Å². The van der Waals surface area contributed by atoms with E-state index >= 15 is 0 Å². The lowest BCUT2D eigenvalue weighted by molar-refractivity contribution is 0.0984. The first-order valence-corrected chi connectivity index (χ1v) is 7.66. The molecule has 0 fully saturated rings. The van der Waals surface area contributed by atoms with Crippen LogP contribution in [-0.2, 0) is 6.42 Å². The van der Waals surface area contributed by atoms with Crippen LogP contribution in [0.15, 0.2) is 36.4 Å². The van der Waals surface area contributed by atoms with Crippen molar-refractivity contribution in [2.75, 3.05) is 18.6 Å². The summed E-state index contributed by atoms with van der Waals surface area (Å²) >= 11 is 0. The number of aryl methyl sites for hydroxylation is 3. The molecule has 0 aromatic heterocycles. The number of hydrogen-bond acceptors (Lipinski definition) is 2. The van der Waals surface area contributed by atoms with Crippen LogP contribution in [0.4, 0.5) is 5.69 Å². The summed E-state index contributed by atoms with van der Waals surface area (Å²) in [4.78, 5) is 14.8. The molecule has 1 aliphatic heterocycles. The molecule has 3 rings (SSSR count). The predicted molar refractivity (Wildman–Crippen MR) is 88.9 cm³/mol. The molecule has 1 amide bonds. The van der Waals surface area contributed by atoms with E-state index in [0.29, 0.717) is 0 Å². The van der Waals surface area contributed by atoms with E-state index in [4.69, 9.17) is 4.74 Å². The fourth-order valence-electron chi connectivity index (χ4n) is 3.11. The molecule has 2 aromatic carbocycles. The van der Waals surface area contributed by atoms with Crippen molar-refractivity contribution in [1.29, 1.82) is 0 Å². The molecule has 0 aliphatic carbocycles. The van der Waals surface area contributed by atoms with Gasteiger partial charge in [0.05, 0.1) is 7.11 Å². The van der Waals surface area contributed by atoms with Gasteiger partial charge in [-0.15, -0.1) is 0 Å². The lowest BCUT2D eigenvalue weighted by atomic mass is 9.99. The number of carbonyl (C=O) groups is 1. The highest BCUT2D eigenvalue weighted by molar-refractivity contribution is 6.07. The van der Waals surface area contributed by atoms with Crippen molar-refractivity contribution in [3.8, 4) is 5.75 Å². The maximum Gasteiger partial charge on any atom is 0.258 e. The fraction of sp³-hybridized carbons (Fsp3) is 0.316. The number of benzene rings is 2. The molecule has 114 valence electrons. The van der Waals surface area contributed by atoms with Crippen molar-refractivity contribution in [2.24, 2.45) is 0 Å². The van der Waals surface area contributed by atoms with Crippen molar-refractivity contribution in [3.63, 3.8) is 0 Å². The van der Waals surface area contributed by atoms with Gasteiger partial charge in [-0.3, -0.25) is 4.79 Å². The Bertz CT molecular complexity index is 721. The molecule has 22 heavy (non-hydrogen) atoms. The Labute approximate surface area is 131 Å². The van der Waals surface area contributed by atoms with E-state index in [1.807, 2.05) is 49.1 Å². The highest BCUT2D eigenvalue weighted by Gasteiger charge is 2.24. The van der Waals surface area contributed by atoms with E-state index in [2.05, 4.69) is 6.07 Å². The SMILES string of the molecule is COc1ccc2c(c1)CCCN2C(=O)c1ccc(C)cc1C. The quantitative estimate of drug-likeness (QED) is 0.841. The summed E-state index contributed by atoms with van der Waals surface area (Å²) in [5, 5.41) is 0. The molecule has 0 saturated carbocycles. The summed E-state index contributed by atoms with van der Waals surface area (Å²) in [5.41, 5.74) is 5.19. The van der Waals surface area contributed by atoms with Gasteiger partial charge in [0.15, 0.2) is 0 Å². The van der Waals surface area contributed by atoms with Crippen LogP contribution in [0.2, 0.25) is 0 Å². The van der Waals surface area contributed by atoms with Gasteiger partial charge in [-0.05, 0) is 62.1 Å². The summed E-state index contributed by atoms with van der Waals surface area (Å²) in [6.45, 7) is 4.81. The third-order valence-electron chi connectivity index (χ3n) is 4.26. The number of rotatable bonds is 2. The standard InChI is InChI=1S/C19H21NO2/c1-13-6-8-17(14(2)11-13)19(21)20-10-4-5-15-12-16(22-3)7-9-18(15)20/h6-9,11-12H,4-5,10H2,1-3H3. The van der Waals surface area contributed by atoms with Gasteiger partial charge in [0.25, 0.3) is 5.91 Å². The normalized spacial score (nSPS) is 13.7. The molecule has 1 aliphatic rings. The van der Waals surface area contributed by atoms with Gasteiger partial charge in [0, 0.05) is 17.8 Å². The Hall–Kier alpha value is -2.29. The second-order valence-electron chi connectivity index (χ2n) is 5.87. The van der Waals surface area contributed by atoms with Gasteiger partial charge in [-0.25, -0.2) is 0 Å². The van der Waals surface area contributed by atoms with E-state index in [1.54, 1.807) is 7.11 Å². The fourth-order valence-corrected chi connectivity index (χ4v) is 3.11. The number of fused-ring (bicyclic) bond motifs is 1. The van der Waals surface area contributed by atoms with Crippen LogP contribution in [0.5, 0.6) is 5.75 Å². The molecule has 3 nitrogen and oxygen atoms in total. The molecule has 0 unspecified atom stereocenters. The first kappa shape index (κ1) is 14.6. The minimum atomic E-state index is 0.0867. The van der Waals surface area contributed by atoms with Gasteiger partial charge in [-0.1, -0.05) is 17.7 Å². The van der Waals surface area contributed by atoms with Gasteiger partial charge in [0.2, 0.25) is 0 Å². The summed E-state index contributed by atoms with van der Waals surface area (Å²) in [6.07, 6.45) is 1.97. The van der Waals surface area contributed by atoms with Crippen LogP contribution in [0.1, 0.15) is 33.5 Å². The third-order valence-corrected chi connectivity index (χ3v) is 4.26. The predicted octanol–water partition coefficient (Wildman–Crippen LogP) is 3.91. The van der Waals surface area contributed by atoms with Crippen molar-refractivity contribution in [2.45, 2.75) is 26.7 Å². The van der Waals surface area contributed by atoms with E-state index in [9.17, 15) is 4.79 Å². The Morgan fingerprint density at radius 1 is 1.14 bits per heavy atom. The number of carbonyl (C=O) groups excluding carboxylic acids is 1. The summed E-state index contributed by atoms with van der Waals surface area (Å²) in [5.74, 6) is 0.934. The summed E-state index contributed by atoms with van der Waals surface area (Å²) in [6, 6.07) is 12.0. The van der Waals surface area contributed by atoms with Gasteiger partial charge < -0.3 is 9.64 Å². The number of anilines is 1. The summed E-state index contributed by atoms with van der Waals surface area (Å²) < 4.78 is 5.29. The molecule has 3 heteroatoms. The van der Waals surface area contributed by atoms with Crippen molar-refractivity contribution < 1.29 is 9.53 Å². The molecule has 0 radical (unpaired) electrons. The average molecular weight is 295 g/mol. The Morgan fingerprint density at radius 3 is 2.68 bits per heavy atom. The molecule has 1 heterocycles. The molecule has 0 N–H and O–H groups in total. The highest BCUT2D eigenvalue weighted by Crippen LogP contribution is 2.31. The molecule has 0 spiro atoms. The van der Waals surface area contributed by atoms with Gasteiger partial charge in [0.1, 0.15) is 5.75 Å². The summed E-state index contributed by atoms with van der Waals surface area (Å²) in [7, 11) is 1.67. The number of amides is 1. The van der Waals surface area contributed by atoms with E-state index in [-0.39, 0.29) is 5.91 Å². The lowest BCUT2D eigenvalue weighted by Gasteiger charge is -2.30. The molecular formula is C19H21NO2. The van der Waals surface area contributed by atoms with Gasteiger partial charge in [-0.2, -0.15) is 0 Å². The number of methoxy groups -OCH3 is 1. The molecule has 0 saturated heterocycles. The van der Waals surface area contributed by atoms with Crippen LogP contribution >= 0.6 is 0 Å². The largest absolute Gasteiger partial charge is 0.497 e. The number of nitrogens with zero attached hydrogens (tertiary/aromatic N) is 1. The Kier molecular flexibility index (Phi) is 3.88. The molecule has 0 bridgehead atoms. The Morgan fingerprint density at radius 2 is 1.95 bits per heavy atom. The first-order valence-electron chi connectivity index (χ1n) is 7.66. The van der Waals surface area contributed by atoms with Crippen LogP contribution < -0.4 is 9.64 Å². The van der Waals surface area contributed by atoms with Crippen molar-refractivity contribution in [1.82, 2.24) is 0 Å². The molecule has 2 aromatic rings. The van der Waals surface area contributed by atoms with E-state index in [1.165, 1.54) is 11.1 Å². The lowest BCUT2D eigenvalue weighted by Crippen LogP contribution is -2.35. The second-order valence-corrected chi connectivity index (χ2v) is 5.87. The zero-order chi connectivity index (χ0) is 15.7. The van der Waals surface area contributed by atoms with Crippen molar-refractivity contribution in [3.05, 3.63) is 58.7 Å². The van der Waals surface area contributed by atoms with E-state index in [0.717, 1.165) is 42.0 Å². The maximum absolute atomic E-state index is 12.9. The number of hydrogen-bond donors (Lipinski definition) is 0. The highest BCUT2D eigenvalue weighted by atomic mass is 16.5. The zero-order valence-electron chi connectivity index (χ0n) is 13.3. The second kappa shape index (κ2) is 5.84. The van der Waals surface area contributed by atoms with E-state index < -0.39 is 0 Å². The minimum Gasteiger partial charge on any atom is -0.497 e.